The fourth-order valence-corrected chi connectivity index (χ4v) is 2.53. The molecule has 1 saturated heterocycles. The van der Waals surface area contributed by atoms with Crippen LogP contribution in [0.5, 0.6) is 6.01 Å². The van der Waals surface area contributed by atoms with E-state index in [1.54, 1.807) is 0 Å². The Bertz CT molecular complexity index is 709. The quantitative estimate of drug-likeness (QED) is 0.628. The molecule has 29 heavy (non-hydrogen) atoms. The van der Waals surface area contributed by atoms with Gasteiger partial charge in [0.2, 0.25) is 0 Å². The summed E-state index contributed by atoms with van der Waals surface area (Å²) in [6.45, 7) is -0.862. The van der Waals surface area contributed by atoms with E-state index < -0.39 is 56.3 Å². The van der Waals surface area contributed by atoms with E-state index in [1.807, 2.05) is 0 Å². The zero-order valence-electron chi connectivity index (χ0n) is 15.4. The van der Waals surface area contributed by atoms with Gasteiger partial charge in [-0.05, 0) is 6.92 Å². The maximum Gasteiger partial charge on any atom is 0.425 e. The van der Waals surface area contributed by atoms with E-state index in [1.165, 1.54) is 7.05 Å². The van der Waals surface area contributed by atoms with Crippen LogP contribution in [0.2, 0.25) is 0 Å². The smallest absolute Gasteiger partial charge is 0.425 e. The number of hydrogen-bond donors (Lipinski definition) is 2. The highest BCUT2D eigenvalue weighted by atomic mass is 19.4. The average molecular weight is 437 g/mol. The van der Waals surface area contributed by atoms with Crippen LogP contribution in [0.4, 0.5) is 52.4 Å². The van der Waals surface area contributed by atoms with Crippen LogP contribution in [0.15, 0.2) is 0 Å². The predicted molar refractivity (Wildman–Crippen MR) is 88.7 cm³/mol. The van der Waals surface area contributed by atoms with Crippen molar-refractivity contribution < 1.29 is 39.9 Å². The number of alkyl halides is 8. The molecule has 2 rings (SSSR count). The Morgan fingerprint density at radius 3 is 2.31 bits per heavy atom. The van der Waals surface area contributed by atoms with Crippen LogP contribution in [-0.4, -0.2) is 61.0 Å². The van der Waals surface area contributed by atoms with Crippen LogP contribution >= 0.6 is 0 Å². The van der Waals surface area contributed by atoms with Crippen LogP contribution < -0.4 is 20.3 Å². The summed E-state index contributed by atoms with van der Waals surface area (Å²) in [5.74, 6) is -3.53. The summed E-state index contributed by atoms with van der Waals surface area (Å²) in [7, 11) is 1.35. The summed E-state index contributed by atoms with van der Waals surface area (Å²) in [5.41, 5.74) is -0.0307. The van der Waals surface area contributed by atoms with Gasteiger partial charge in [0.1, 0.15) is 5.69 Å². The van der Waals surface area contributed by atoms with Crippen molar-refractivity contribution in [3.63, 3.8) is 0 Å². The lowest BCUT2D eigenvalue weighted by atomic mass is 10.3. The third-order valence-electron chi connectivity index (χ3n) is 4.03. The monoisotopic (exact) mass is 437 g/mol. The summed E-state index contributed by atoms with van der Waals surface area (Å²) in [5, 5.41) is 4.94. The molecular weight excluding hydrogens is 418 g/mol. The average Bonchev–Trinajstić information content (AvgIpc) is 2.92. The number of nitrogens with zero attached hydrogens (tertiary/aromatic N) is 3. The van der Waals surface area contributed by atoms with Crippen molar-refractivity contribution >= 4 is 17.3 Å². The van der Waals surface area contributed by atoms with Gasteiger partial charge in [-0.3, -0.25) is 0 Å². The lowest BCUT2D eigenvalue weighted by Gasteiger charge is -2.24. The third kappa shape index (κ3) is 6.35. The molecule has 1 aromatic rings. The van der Waals surface area contributed by atoms with Gasteiger partial charge in [0.25, 0.3) is 5.92 Å². The summed E-state index contributed by atoms with van der Waals surface area (Å²) in [4.78, 5) is 8.60. The second kappa shape index (κ2) is 8.22. The fourth-order valence-electron chi connectivity index (χ4n) is 2.53. The SMILES string of the molecule is CNc1c(NCCC(F)(F)F)nc(OC(C)C(F)(F)F)nc1N1CCC(F)(F)C1. The Hall–Kier alpha value is -2.28. The van der Waals surface area contributed by atoms with Gasteiger partial charge in [0.15, 0.2) is 17.7 Å². The van der Waals surface area contributed by atoms with Gasteiger partial charge < -0.3 is 20.3 Å². The van der Waals surface area contributed by atoms with Crippen molar-refractivity contribution in [1.82, 2.24) is 9.97 Å². The Balaban J connectivity index is 2.38. The molecule has 1 atom stereocenters. The highest BCUT2D eigenvalue weighted by Crippen LogP contribution is 2.38. The molecule has 6 nitrogen and oxygen atoms in total. The van der Waals surface area contributed by atoms with Gasteiger partial charge in [0, 0.05) is 26.6 Å². The predicted octanol–water partition coefficient (Wildman–Crippen LogP) is 4.06. The van der Waals surface area contributed by atoms with Gasteiger partial charge in [0.05, 0.1) is 13.0 Å². The lowest BCUT2D eigenvalue weighted by Crippen LogP contribution is -2.32. The first-order chi connectivity index (χ1) is 13.2. The minimum atomic E-state index is -4.75. The number of rotatable bonds is 7. The Morgan fingerprint density at radius 1 is 1.17 bits per heavy atom. The van der Waals surface area contributed by atoms with Crippen molar-refractivity contribution in [3.8, 4) is 6.01 Å². The van der Waals surface area contributed by atoms with Crippen LogP contribution in [0, 0.1) is 0 Å². The number of halogens is 8. The van der Waals surface area contributed by atoms with Gasteiger partial charge in [-0.15, -0.1) is 0 Å². The zero-order valence-corrected chi connectivity index (χ0v) is 15.4. The molecule has 1 aliphatic rings. The molecule has 2 heterocycles. The molecule has 1 fully saturated rings. The van der Waals surface area contributed by atoms with E-state index in [-0.39, 0.29) is 23.9 Å². The van der Waals surface area contributed by atoms with Crippen LogP contribution in [0.3, 0.4) is 0 Å². The van der Waals surface area contributed by atoms with E-state index in [4.69, 9.17) is 0 Å². The molecule has 0 bridgehead atoms. The molecule has 0 saturated carbocycles. The molecule has 1 aliphatic heterocycles. The standard InChI is InChI=1S/C15H19F8N5O/c1-8(15(21,22)23)29-12-26-10(25-5-3-14(18,19)20)9(24-2)11(27-12)28-6-4-13(16,17)7-28/h8,24H,3-7H2,1-2H3,(H,25,26,27). The number of hydrogen-bond acceptors (Lipinski definition) is 6. The van der Waals surface area contributed by atoms with Crippen LogP contribution in [-0.2, 0) is 0 Å². The van der Waals surface area contributed by atoms with Crippen molar-refractivity contribution in [2.75, 3.05) is 42.2 Å². The summed E-state index contributed by atoms with van der Waals surface area (Å²) >= 11 is 0. The van der Waals surface area contributed by atoms with E-state index in [9.17, 15) is 35.1 Å². The molecular formula is C15H19F8N5O. The van der Waals surface area contributed by atoms with E-state index in [0.717, 1.165) is 4.90 Å². The first kappa shape index (κ1) is 23.0. The molecule has 0 radical (unpaired) electrons. The first-order valence-corrected chi connectivity index (χ1v) is 8.48. The number of aromatic nitrogens is 2. The zero-order chi connectivity index (χ0) is 22.0. The van der Waals surface area contributed by atoms with Gasteiger partial charge in [-0.1, -0.05) is 0 Å². The second-order valence-corrected chi connectivity index (χ2v) is 6.42. The largest absolute Gasteiger partial charge is 0.451 e. The Kier molecular flexibility index (Phi) is 6.52. The topological polar surface area (TPSA) is 62.3 Å². The summed E-state index contributed by atoms with van der Waals surface area (Å²) < 4.78 is 107. The highest BCUT2D eigenvalue weighted by Gasteiger charge is 2.41. The summed E-state index contributed by atoms with van der Waals surface area (Å²) in [6, 6.07) is -0.798. The molecule has 166 valence electrons. The van der Waals surface area contributed by atoms with E-state index >= 15 is 0 Å². The maximum atomic E-state index is 13.6. The number of anilines is 3. The minimum absolute atomic E-state index is 0.0307. The van der Waals surface area contributed by atoms with Crippen molar-refractivity contribution in [2.24, 2.45) is 0 Å². The van der Waals surface area contributed by atoms with Crippen molar-refractivity contribution in [3.05, 3.63) is 0 Å². The Morgan fingerprint density at radius 2 is 1.83 bits per heavy atom. The maximum absolute atomic E-state index is 13.6. The normalized spacial score (nSPS) is 17.9. The molecule has 0 aromatic carbocycles. The van der Waals surface area contributed by atoms with Crippen molar-refractivity contribution in [2.45, 2.75) is 44.1 Å². The highest BCUT2D eigenvalue weighted by molar-refractivity contribution is 5.78. The molecule has 0 amide bonds. The van der Waals surface area contributed by atoms with Gasteiger partial charge in [-0.25, -0.2) is 8.78 Å². The van der Waals surface area contributed by atoms with Crippen molar-refractivity contribution in [1.29, 1.82) is 0 Å². The van der Waals surface area contributed by atoms with Gasteiger partial charge in [-0.2, -0.15) is 36.3 Å². The Labute approximate surface area is 160 Å². The third-order valence-corrected chi connectivity index (χ3v) is 4.03. The first-order valence-electron chi connectivity index (χ1n) is 8.48. The molecule has 1 unspecified atom stereocenters. The molecule has 1 aromatic heterocycles. The van der Waals surface area contributed by atoms with Gasteiger partial charge >= 0.3 is 18.4 Å². The lowest BCUT2D eigenvalue weighted by molar-refractivity contribution is -0.190. The number of ether oxygens (including phenoxy) is 1. The van der Waals surface area contributed by atoms with E-state index in [2.05, 4.69) is 25.3 Å². The fraction of sp³-hybridized carbons (Fsp3) is 0.733. The molecule has 14 heteroatoms. The number of nitrogens with one attached hydrogen (secondary N) is 2. The summed E-state index contributed by atoms with van der Waals surface area (Å²) in [6.07, 6.45) is -13.3. The molecule has 0 aliphatic carbocycles. The molecule has 2 N–H and O–H groups in total. The van der Waals surface area contributed by atoms with Crippen LogP contribution in [0.1, 0.15) is 19.8 Å². The van der Waals surface area contributed by atoms with Crippen LogP contribution in [0.25, 0.3) is 0 Å². The molecule has 0 spiro atoms. The second-order valence-electron chi connectivity index (χ2n) is 6.42. The minimum Gasteiger partial charge on any atom is -0.451 e. The van der Waals surface area contributed by atoms with E-state index in [0.29, 0.717) is 6.92 Å².